The first-order valence-corrected chi connectivity index (χ1v) is 6.92. The van der Waals surface area contributed by atoms with Gasteiger partial charge in [-0.25, -0.2) is 4.90 Å². The van der Waals surface area contributed by atoms with Crippen molar-refractivity contribution in [1.82, 2.24) is 0 Å². The van der Waals surface area contributed by atoms with Gasteiger partial charge in [0.25, 0.3) is 5.91 Å². The molecule has 1 aromatic rings. The van der Waals surface area contributed by atoms with Gasteiger partial charge in [0.1, 0.15) is 5.75 Å². The fourth-order valence-electron chi connectivity index (χ4n) is 2.97. The summed E-state index contributed by atoms with van der Waals surface area (Å²) in [5, 5.41) is 0. The minimum Gasteiger partial charge on any atom is -0.497 e. The second-order valence-electron chi connectivity index (χ2n) is 5.23. The summed E-state index contributed by atoms with van der Waals surface area (Å²) < 4.78 is 5.16. The second kappa shape index (κ2) is 5.12. The second-order valence-corrected chi connectivity index (χ2v) is 5.23. The standard InChI is InChI=1S/C16H17NO3/c1-20-13-7-4-6-12(10-13)17-15(18)9-11-5-2-3-8-14(11)16(17)19/h4,6-8,10-11H,2-3,5,9H2,1H3. The Kier molecular flexibility index (Phi) is 3.30. The van der Waals surface area contributed by atoms with Crippen LogP contribution in [0.1, 0.15) is 25.7 Å². The maximum Gasteiger partial charge on any atom is 0.260 e. The molecule has 0 spiro atoms. The van der Waals surface area contributed by atoms with E-state index in [0.717, 1.165) is 24.8 Å². The number of methoxy groups -OCH3 is 1. The SMILES string of the molecule is COc1cccc(N2C(=O)CC3CCCC=C3C2=O)c1. The van der Waals surface area contributed by atoms with Crippen molar-refractivity contribution in [2.24, 2.45) is 5.92 Å². The molecule has 1 aliphatic carbocycles. The molecule has 104 valence electrons. The number of rotatable bonds is 2. The Balaban J connectivity index is 1.97. The fourth-order valence-corrected chi connectivity index (χ4v) is 2.97. The van der Waals surface area contributed by atoms with Crippen LogP contribution >= 0.6 is 0 Å². The van der Waals surface area contributed by atoms with Gasteiger partial charge in [0.2, 0.25) is 5.91 Å². The highest BCUT2D eigenvalue weighted by molar-refractivity contribution is 6.23. The molecule has 1 aromatic carbocycles. The quantitative estimate of drug-likeness (QED) is 0.777. The van der Waals surface area contributed by atoms with Crippen molar-refractivity contribution in [3.05, 3.63) is 35.9 Å². The van der Waals surface area contributed by atoms with Gasteiger partial charge >= 0.3 is 0 Å². The van der Waals surface area contributed by atoms with Crippen LogP contribution in [0.15, 0.2) is 35.9 Å². The first-order chi connectivity index (χ1) is 9.70. The van der Waals surface area contributed by atoms with Gasteiger partial charge in [-0.2, -0.15) is 0 Å². The molecule has 1 unspecified atom stereocenters. The van der Waals surface area contributed by atoms with Gasteiger partial charge in [-0.15, -0.1) is 0 Å². The van der Waals surface area contributed by atoms with E-state index in [9.17, 15) is 9.59 Å². The Morgan fingerprint density at radius 3 is 2.95 bits per heavy atom. The first kappa shape index (κ1) is 12.9. The minimum atomic E-state index is -0.167. The lowest BCUT2D eigenvalue weighted by Gasteiger charge is -2.34. The van der Waals surface area contributed by atoms with Crippen LogP contribution in [0.3, 0.4) is 0 Å². The van der Waals surface area contributed by atoms with Gasteiger partial charge in [0, 0.05) is 18.1 Å². The molecule has 0 N–H and O–H groups in total. The summed E-state index contributed by atoms with van der Waals surface area (Å²) in [6.07, 6.45) is 5.35. The van der Waals surface area contributed by atoms with Crippen LogP contribution in [0.4, 0.5) is 5.69 Å². The number of ether oxygens (including phenoxy) is 1. The van der Waals surface area contributed by atoms with Crippen molar-refractivity contribution in [2.75, 3.05) is 12.0 Å². The van der Waals surface area contributed by atoms with Crippen LogP contribution in [0.25, 0.3) is 0 Å². The van der Waals surface area contributed by atoms with Crippen molar-refractivity contribution in [3.8, 4) is 5.75 Å². The zero-order valence-electron chi connectivity index (χ0n) is 11.5. The number of carbonyl (C=O) groups excluding carboxylic acids is 2. The van der Waals surface area contributed by atoms with E-state index >= 15 is 0 Å². The van der Waals surface area contributed by atoms with Crippen molar-refractivity contribution >= 4 is 17.5 Å². The average molecular weight is 271 g/mol. The molecule has 1 atom stereocenters. The number of amides is 2. The van der Waals surface area contributed by atoms with E-state index in [0.29, 0.717) is 17.9 Å². The molecule has 0 aromatic heterocycles. The zero-order chi connectivity index (χ0) is 14.1. The molecule has 1 heterocycles. The summed E-state index contributed by atoms with van der Waals surface area (Å²) in [6, 6.07) is 7.07. The molecule has 4 heteroatoms. The van der Waals surface area contributed by atoms with E-state index in [-0.39, 0.29) is 17.7 Å². The number of anilines is 1. The Bertz CT molecular complexity index is 591. The van der Waals surface area contributed by atoms with E-state index in [1.807, 2.05) is 6.08 Å². The molecular formula is C16H17NO3. The molecular weight excluding hydrogens is 254 g/mol. The molecule has 4 nitrogen and oxygen atoms in total. The third-order valence-corrected chi connectivity index (χ3v) is 3.99. The van der Waals surface area contributed by atoms with Crippen molar-refractivity contribution in [2.45, 2.75) is 25.7 Å². The van der Waals surface area contributed by atoms with Crippen LogP contribution in [0, 0.1) is 5.92 Å². The normalized spacial score (nSPS) is 22.4. The molecule has 2 amide bonds. The molecule has 1 fully saturated rings. The Morgan fingerprint density at radius 2 is 2.15 bits per heavy atom. The number of hydrogen-bond acceptors (Lipinski definition) is 3. The summed E-state index contributed by atoms with van der Waals surface area (Å²) in [6.45, 7) is 0. The average Bonchev–Trinajstić information content (AvgIpc) is 2.47. The first-order valence-electron chi connectivity index (χ1n) is 6.92. The van der Waals surface area contributed by atoms with Crippen LogP contribution in [0.2, 0.25) is 0 Å². The third-order valence-electron chi connectivity index (χ3n) is 3.99. The van der Waals surface area contributed by atoms with Gasteiger partial charge in [-0.05, 0) is 37.3 Å². The third kappa shape index (κ3) is 2.11. The lowest BCUT2D eigenvalue weighted by atomic mass is 9.81. The predicted octanol–water partition coefficient (Wildman–Crippen LogP) is 2.69. The molecule has 0 saturated carbocycles. The van der Waals surface area contributed by atoms with Crippen molar-refractivity contribution in [3.63, 3.8) is 0 Å². The zero-order valence-corrected chi connectivity index (χ0v) is 11.5. The Hall–Kier alpha value is -2.10. The molecule has 3 rings (SSSR count). The number of nitrogens with zero attached hydrogens (tertiary/aromatic N) is 1. The monoisotopic (exact) mass is 271 g/mol. The lowest BCUT2D eigenvalue weighted by Crippen LogP contribution is -2.45. The largest absolute Gasteiger partial charge is 0.497 e. The highest BCUT2D eigenvalue weighted by Gasteiger charge is 2.38. The number of hydrogen-bond donors (Lipinski definition) is 0. The molecule has 0 radical (unpaired) electrons. The van der Waals surface area contributed by atoms with E-state index in [1.54, 1.807) is 31.4 Å². The highest BCUT2D eigenvalue weighted by atomic mass is 16.5. The van der Waals surface area contributed by atoms with Gasteiger partial charge in [-0.1, -0.05) is 12.1 Å². The summed E-state index contributed by atoms with van der Waals surface area (Å²) >= 11 is 0. The number of fused-ring (bicyclic) bond motifs is 1. The van der Waals surface area contributed by atoms with E-state index in [2.05, 4.69) is 0 Å². The van der Waals surface area contributed by atoms with Gasteiger partial charge < -0.3 is 4.74 Å². The topological polar surface area (TPSA) is 46.6 Å². The number of benzene rings is 1. The number of imide groups is 1. The van der Waals surface area contributed by atoms with E-state index in [4.69, 9.17) is 4.74 Å². The van der Waals surface area contributed by atoms with Crippen molar-refractivity contribution in [1.29, 1.82) is 0 Å². The number of allylic oxidation sites excluding steroid dienone is 1. The number of carbonyl (C=O) groups is 2. The van der Waals surface area contributed by atoms with Gasteiger partial charge in [0.05, 0.1) is 12.8 Å². The molecule has 1 saturated heterocycles. The van der Waals surface area contributed by atoms with Crippen molar-refractivity contribution < 1.29 is 14.3 Å². The summed E-state index contributed by atoms with van der Waals surface area (Å²) in [5.74, 6) is 0.472. The molecule has 0 bridgehead atoms. The molecule has 2 aliphatic rings. The number of piperidine rings is 1. The Morgan fingerprint density at radius 1 is 1.30 bits per heavy atom. The van der Waals surface area contributed by atoms with E-state index in [1.165, 1.54) is 4.90 Å². The van der Waals surface area contributed by atoms with Gasteiger partial charge in [0.15, 0.2) is 0 Å². The fraction of sp³-hybridized carbons (Fsp3) is 0.375. The highest BCUT2D eigenvalue weighted by Crippen LogP contribution is 2.36. The van der Waals surface area contributed by atoms with Crippen LogP contribution in [-0.2, 0) is 9.59 Å². The van der Waals surface area contributed by atoms with E-state index < -0.39 is 0 Å². The lowest BCUT2D eigenvalue weighted by molar-refractivity contribution is -0.127. The summed E-state index contributed by atoms with van der Waals surface area (Å²) in [7, 11) is 1.57. The van der Waals surface area contributed by atoms with Crippen LogP contribution in [-0.4, -0.2) is 18.9 Å². The van der Waals surface area contributed by atoms with Gasteiger partial charge in [-0.3, -0.25) is 9.59 Å². The minimum absolute atomic E-state index is 0.116. The molecule has 1 aliphatic heterocycles. The maximum absolute atomic E-state index is 12.6. The smallest absolute Gasteiger partial charge is 0.260 e. The van der Waals surface area contributed by atoms with Crippen LogP contribution < -0.4 is 9.64 Å². The summed E-state index contributed by atoms with van der Waals surface area (Å²) in [5.41, 5.74) is 1.39. The Labute approximate surface area is 118 Å². The summed E-state index contributed by atoms with van der Waals surface area (Å²) in [4.78, 5) is 26.2. The molecule has 20 heavy (non-hydrogen) atoms. The maximum atomic E-state index is 12.6. The van der Waals surface area contributed by atoms with Crippen LogP contribution in [0.5, 0.6) is 5.75 Å². The predicted molar refractivity (Wildman–Crippen MR) is 75.5 cm³/mol.